The van der Waals surface area contributed by atoms with Crippen molar-refractivity contribution in [2.75, 3.05) is 0 Å². The minimum Gasteiger partial charge on any atom is -0.391 e. The Hall–Kier alpha value is -1.06. The lowest BCUT2D eigenvalue weighted by molar-refractivity contribution is 0.0799. The number of aliphatic hydroxyl groups excluding tert-OH is 1. The molecule has 0 aliphatic rings. The van der Waals surface area contributed by atoms with Gasteiger partial charge >= 0.3 is 0 Å². The molecule has 2 unspecified atom stereocenters. The van der Waals surface area contributed by atoms with Crippen LogP contribution >= 0.6 is 0 Å². The fourth-order valence-electron chi connectivity index (χ4n) is 2.08. The molecule has 0 radical (unpaired) electrons. The SMILES string of the molecule is CC(C)(N)C(O)CC(c1ccccc1)C(C)(C)N.NO.NO. The highest BCUT2D eigenvalue weighted by atomic mass is 16.4. The van der Waals surface area contributed by atoms with Crippen LogP contribution in [0.15, 0.2) is 30.3 Å². The Morgan fingerprint density at radius 1 is 0.864 bits per heavy atom. The highest BCUT2D eigenvalue weighted by Crippen LogP contribution is 2.32. The third-order valence-corrected chi connectivity index (χ3v) is 3.42. The number of benzene rings is 1. The molecule has 0 saturated heterocycles. The van der Waals surface area contributed by atoms with Crippen molar-refractivity contribution < 1.29 is 15.5 Å². The summed E-state index contributed by atoms with van der Waals surface area (Å²) in [6, 6.07) is 10.1. The van der Waals surface area contributed by atoms with Gasteiger partial charge < -0.3 is 27.0 Å². The fraction of sp³-hybridized carbons (Fsp3) is 0.600. The van der Waals surface area contributed by atoms with Crippen molar-refractivity contribution in [1.29, 1.82) is 0 Å². The Kier molecular flexibility index (Phi) is 11.2. The van der Waals surface area contributed by atoms with Crippen molar-refractivity contribution in [1.82, 2.24) is 0 Å². The van der Waals surface area contributed by atoms with Gasteiger partial charge in [0.15, 0.2) is 0 Å². The Bertz CT molecular complexity index is 375. The molecule has 0 aromatic heterocycles. The highest BCUT2D eigenvalue weighted by molar-refractivity contribution is 5.23. The molecule has 7 nitrogen and oxygen atoms in total. The third kappa shape index (κ3) is 8.40. The molecule has 1 aromatic rings. The molecule has 0 saturated carbocycles. The molecule has 0 amide bonds. The summed E-state index contributed by atoms with van der Waals surface area (Å²) >= 11 is 0. The lowest BCUT2D eigenvalue weighted by Gasteiger charge is -2.36. The number of aliphatic hydroxyl groups is 1. The number of rotatable bonds is 5. The Labute approximate surface area is 132 Å². The minimum absolute atomic E-state index is 0.0801. The van der Waals surface area contributed by atoms with Gasteiger partial charge in [-0.15, -0.1) is 0 Å². The monoisotopic (exact) mass is 316 g/mol. The van der Waals surface area contributed by atoms with E-state index in [-0.39, 0.29) is 5.92 Å². The zero-order valence-electron chi connectivity index (χ0n) is 13.9. The smallest absolute Gasteiger partial charge is 0.0720 e. The van der Waals surface area contributed by atoms with E-state index in [2.05, 4.69) is 23.9 Å². The van der Waals surface area contributed by atoms with Gasteiger partial charge in [-0.25, -0.2) is 11.8 Å². The summed E-state index contributed by atoms with van der Waals surface area (Å²) in [4.78, 5) is 0. The van der Waals surface area contributed by atoms with E-state index in [1.54, 1.807) is 0 Å². The van der Waals surface area contributed by atoms with Crippen molar-refractivity contribution in [2.24, 2.45) is 23.3 Å². The molecule has 0 aliphatic carbocycles. The maximum atomic E-state index is 10.2. The van der Waals surface area contributed by atoms with Gasteiger partial charge in [-0.3, -0.25) is 0 Å². The van der Waals surface area contributed by atoms with E-state index in [1.165, 1.54) is 0 Å². The van der Waals surface area contributed by atoms with Crippen molar-refractivity contribution >= 4 is 0 Å². The second-order valence-corrected chi connectivity index (χ2v) is 6.36. The van der Waals surface area contributed by atoms with E-state index < -0.39 is 17.2 Å². The molecule has 130 valence electrons. The number of nitrogens with two attached hydrogens (primary N) is 4. The summed E-state index contributed by atoms with van der Waals surface area (Å²) in [5, 5.41) is 23.2. The third-order valence-electron chi connectivity index (χ3n) is 3.42. The Morgan fingerprint density at radius 3 is 1.59 bits per heavy atom. The summed E-state index contributed by atoms with van der Waals surface area (Å²) < 4.78 is 0. The lowest BCUT2D eigenvalue weighted by atomic mass is 9.76. The van der Waals surface area contributed by atoms with Crippen LogP contribution in [0.5, 0.6) is 0 Å². The topological polar surface area (TPSA) is 165 Å². The van der Waals surface area contributed by atoms with Crippen LogP contribution in [0.25, 0.3) is 0 Å². The van der Waals surface area contributed by atoms with Crippen LogP contribution in [0, 0.1) is 0 Å². The molecule has 11 N–H and O–H groups in total. The molecule has 0 fully saturated rings. The molecule has 22 heavy (non-hydrogen) atoms. The molecule has 1 rings (SSSR count). The summed E-state index contributed by atoms with van der Waals surface area (Å²) in [6.45, 7) is 7.65. The van der Waals surface area contributed by atoms with Crippen LogP contribution in [0.4, 0.5) is 0 Å². The average Bonchev–Trinajstić information content (AvgIpc) is 2.47. The number of hydrogen-bond donors (Lipinski definition) is 7. The van der Waals surface area contributed by atoms with Gasteiger partial charge in [0.25, 0.3) is 0 Å². The summed E-state index contributed by atoms with van der Waals surface area (Å²) in [5.74, 6) is 7.08. The molecule has 1 aromatic carbocycles. The molecule has 0 heterocycles. The summed E-state index contributed by atoms with van der Waals surface area (Å²) in [7, 11) is 0. The Balaban J connectivity index is 0. The van der Waals surface area contributed by atoms with Crippen LogP contribution in [-0.2, 0) is 0 Å². The van der Waals surface area contributed by atoms with Crippen molar-refractivity contribution in [3.05, 3.63) is 35.9 Å². The number of hydrogen-bond acceptors (Lipinski definition) is 7. The average molecular weight is 316 g/mol. The molecular formula is C15H32N4O3. The second-order valence-electron chi connectivity index (χ2n) is 6.36. The van der Waals surface area contributed by atoms with Crippen molar-refractivity contribution in [3.63, 3.8) is 0 Å². The second kappa shape index (κ2) is 10.6. The first-order valence-electron chi connectivity index (χ1n) is 6.95. The molecule has 2 atom stereocenters. The normalized spacial score (nSPS) is 14.0. The lowest BCUT2D eigenvalue weighted by Crippen LogP contribution is -2.49. The standard InChI is InChI=1S/C15H26N2O.2H3NO/c1-14(2,16)12(10-13(18)15(3,4)17)11-8-6-5-7-9-11;2*1-2/h5-9,12-13,18H,10,16-17H2,1-4H3;2*2H,1H2. The first-order chi connectivity index (χ1) is 10.1. The van der Waals surface area contributed by atoms with Crippen LogP contribution < -0.4 is 23.3 Å². The summed E-state index contributed by atoms with van der Waals surface area (Å²) in [6.07, 6.45) is -0.0117. The first kappa shape index (κ1) is 23.2. The van der Waals surface area contributed by atoms with E-state index in [0.29, 0.717) is 6.42 Å². The van der Waals surface area contributed by atoms with Gasteiger partial charge in [0.1, 0.15) is 0 Å². The van der Waals surface area contributed by atoms with E-state index in [4.69, 9.17) is 21.9 Å². The van der Waals surface area contributed by atoms with Gasteiger partial charge in [-0.1, -0.05) is 30.3 Å². The van der Waals surface area contributed by atoms with Crippen LogP contribution in [0.3, 0.4) is 0 Å². The van der Waals surface area contributed by atoms with Gasteiger partial charge in [-0.05, 0) is 39.7 Å². The quantitative estimate of drug-likeness (QED) is 0.392. The zero-order chi connectivity index (χ0) is 18.0. The van der Waals surface area contributed by atoms with Crippen molar-refractivity contribution in [3.8, 4) is 0 Å². The van der Waals surface area contributed by atoms with E-state index in [0.717, 1.165) is 5.56 Å². The molecule has 0 bridgehead atoms. The van der Waals surface area contributed by atoms with Crippen LogP contribution in [-0.4, -0.2) is 32.7 Å². The van der Waals surface area contributed by atoms with Crippen molar-refractivity contribution in [2.45, 2.75) is 57.2 Å². The fourth-order valence-corrected chi connectivity index (χ4v) is 2.08. The van der Waals surface area contributed by atoms with Gasteiger partial charge in [0.2, 0.25) is 0 Å². The first-order valence-corrected chi connectivity index (χ1v) is 6.95. The minimum atomic E-state index is -0.613. The molecule has 0 aliphatic heterocycles. The van der Waals surface area contributed by atoms with E-state index in [1.807, 2.05) is 45.9 Å². The van der Waals surface area contributed by atoms with E-state index >= 15 is 0 Å². The van der Waals surface area contributed by atoms with Gasteiger partial charge in [-0.2, -0.15) is 0 Å². The van der Waals surface area contributed by atoms with Crippen LogP contribution in [0.1, 0.15) is 45.6 Å². The zero-order valence-corrected chi connectivity index (χ0v) is 13.9. The highest BCUT2D eigenvalue weighted by Gasteiger charge is 2.33. The molecule has 7 heteroatoms. The largest absolute Gasteiger partial charge is 0.391 e. The Morgan fingerprint density at radius 2 is 1.27 bits per heavy atom. The van der Waals surface area contributed by atoms with Crippen LogP contribution in [0.2, 0.25) is 0 Å². The predicted molar refractivity (Wildman–Crippen MR) is 88.3 cm³/mol. The summed E-state index contributed by atoms with van der Waals surface area (Å²) in [5.41, 5.74) is 12.3. The maximum absolute atomic E-state index is 10.2. The molecular weight excluding hydrogens is 284 g/mol. The van der Waals surface area contributed by atoms with Gasteiger partial charge in [0.05, 0.1) is 6.10 Å². The maximum Gasteiger partial charge on any atom is 0.0720 e. The predicted octanol–water partition coefficient (Wildman–Crippen LogP) is 0.664. The van der Waals surface area contributed by atoms with E-state index in [9.17, 15) is 5.11 Å². The molecule has 0 spiro atoms. The van der Waals surface area contributed by atoms with Gasteiger partial charge in [0, 0.05) is 17.0 Å².